The molecule has 159 valence electrons. The Labute approximate surface area is 194 Å². The number of fused-ring (bicyclic) bond motifs is 1. The molecule has 1 N–H and O–H groups in total. The van der Waals surface area contributed by atoms with Gasteiger partial charge in [-0.3, -0.25) is 4.40 Å². The summed E-state index contributed by atoms with van der Waals surface area (Å²) in [6, 6.07) is 13.0. The minimum Gasteiger partial charge on any atom is -0.403 e. The first-order chi connectivity index (χ1) is 15.5. The summed E-state index contributed by atoms with van der Waals surface area (Å²) in [5.41, 5.74) is 5.67. The number of hydrogen-bond acceptors (Lipinski definition) is 6. The number of imidazole rings is 1. The van der Waals surface area contributed by atoms with Crippen molar-refractivity contribution in [3.63, 3.8) is 0 Å². The number of nitrogens with zero attached hydrogens (tertiary/aromatic N) is 5. The number of rotatable bonds is 4. The average molecular weight is 464 g/mol. The van der Waals surface area contributed by atoms with Gasteiger partial charge in [-0.05, 0) is 49.2 Å². The lowest BCUT2D eigenvalue weighted by molar-refractivity contribution is 0.585. The fourth-order valence-corrected chi connectivity index (χ4v) is 4.31. The van der Waals surface area contributed by atoms with Crippen LogP contribution in [0.1, 0.15) is 11.1 Å². The second kappa shape index (κ2) is 7.93. The predicted octanol–water partition coefficient (Wildman–Crippen LogP) is 5.88. The maximum absolute atomic E-state index is 6.74. The van der Waals surface area contributed by atoms with Gasteiger partial charge in [-0.1, -0.05) is 40.4 Å². The zero-order valence-electron chi connectivity index (χ0n) is 17.4. The molecule has 0 amide bonds. The van der Waals surface area contributed by atoms with E-state index in [1.54, 1.807) is 25.4 Å². The molecule has 0 unspecified atom stereocenters. The van der Waals surface area contributed by atoms with Gasteiger partial charge in [0.15, 0.2) is 0 Å². The van der Waals surface area contributed by atoms with E-state index in [2.05, 4.69) is 32.6 Å². The van der Waals surface area contributed by atoms with E-state index >= 15 is 0 Å². The molecule has 7 nitrogen and oxygen atoms in total. The summed E-state index contributed by atoms with van der Waals surface area (Å²) in [5, 5.41) is 11.8. The third kappa shape index (κ3) is 3.39. The quantitative estimate of drug-likeness (QED) is 0.358. The zero-order chi connectivity index (χ0) is 22.4. The second-order valence-electron chi connectivity index (χ2n) is 7.25. The first-order valence-electron chi connectivity index (χ1n) is 9.80. The van der Waals surface area contributed by atoms with Crippen molar-refractivity contribution < 1.29 is 4.42 Å². The number of halogens is 2. The molecule has 3 heterocycles. The van der Waals surface area contributed by atoms with Crippen molar-refractivity contribution in [1.82, 2.24) is 24.6 Å². The lowest BCUT2D eigenvalue weighted by Gasteiger charge is -2.12. The minimum absolute atomic E-state index is 0.275. The molecule has 0 aliphatic rings. The molecule has 0 aliphatic carbocycles. The summed E-state index contributed by atoms with van der Waals surface area (Å²) in [7, 11) is 1.70. The molecule has 0 aliphatic heterocycles. The van der Waals surface area contributed by atoms with Crippen LogP contribution in [0.5, 0.6) is 0 Å². The monoisotopic (exact) mass is 463 g/mol. The van der Waals surface area contributed by atoms with Gasteiger partial charge in [-0.2, -0.15) is 0 Å². The molecular weight excluding hydrogens is 447 g/mol. The van der Waals surface area contributed by atoms with Crippen molar-refractivity contribution in [2.24, 2.45) is 0 Å². The molecule has 0 saturated carbocycles. The highest BCUT2D eigenvalue weighted by Crippen LogP contribution is 2.43. The largest absolute Gasteiger partial charge is 0.403 e. The van der Waals surface area contributed by atoms with Crippen molar-refractivity contribution in [3.8, 4) is 34.0 Å². The Bertz CT molecular complexity index is 1470. The SMILES string of the molecule is CNc1nnc(-c2cc(Cl)cc(Cl)c2-c2nc3ncccn3c2-c2ccc(C)[c]c2C)o1. The van der Waals surface area contributed by atoms with Gasteiger partial charge < -0.3 is 9.73 Å². The van der Waals surface area contributed by atoms with Gasteiger partial charge in [0, 0.05) is 35.6 Å². The summed E-state index contributed by atoms with van der Waals surface area (Å²) in [6.07, 6.45) is 3.62. The van der Waals surface area contributed by atoms with E-state index in [0.717, 1.165) is 22.4 Å². The van der Waals surface area contributed by atoms with Crippen LogP contribution in [0.15, 0.2) is 47.1 Å². The van der Waals surface area contributed by atoms with E-state index in [0.29, 0.717) is 32.6 Å². The van der Waals surface area contributed by atoms with Gasteiger partial charge in [0.25, 0.3) is 5.89 Å². The lowest BCUT2D eigenvalue weighted by Crippen LogP contribution is -1.95. The topological polar surface area (TPSA) is 81.1 Å². The van der Waals surface area contributed by atoms with Crippen LogP contribution >= 0.6 is 23.2 Å². The van der Waals surface area contributed by atoms with Crippen molar-refractivity contribution >= 4 is 35.0 Å². The molecule has 32 heavy (non-hydrogen) atoms. The van der Waals surface area contributed by atoms with E-state index in [4.69, 9.17) is 32.6 Å². The van der Waals surface area contributed by atoms with Crippen LogP contribution in [0.4, 0.5) is 6.01 Å². The Balaban J connectivity index is 1.87. The maximum Gasteiger partial charge on any atom is 0.315 e. The summed E-state index contributed by atoms with van der Waals surface area (Å²) < 4.78 is 7.68. The standard InChI is InChI=1S/C23H17Cl2N6O/c1-12-5-6-15(13(2)9-12)20-19(28-22-27-7-4-8-31(20)22)18-16(10-14(24)11-17(18)25)21-29-30-23(26-3)32-21/h4-8,10-11H,1-3H3,(H,26,30). The van der Waals surface area contributed by atoms with Crippen LogP contribution in [-0.4, -0.2) is 31.6 Å². The van der Waals surface area contributed by atoms with Crippen molar-refractivity contribution in [3.05, 3.63) is 70.0 Å². The van der Waals surface area contributed by atoms with E-state index in [1.807, 2.05) is 36.6 Å². The summed E-state index contributed by atoms with van der Waals surface area (Å²) >= 11 is 13.1. The Morgan fingerprint density at radius 1 is 1.09 bits per heavy atom. The molecule has 0 fully saturated rings. The van der Waals surface area contributed by atoms with E-state index in [9.17, 15) is 0 Å². The summed E-state index contributed by atoms with van der Waals surface area (Å²) in [6.45, 7) is 4.03. The van der Waals surface area contributed by atoms with Gasteiger partial charge >= 0.3 is 6.01 Å². The number of nitrogens with one attached hydrogen (secondary N) is 1. The summed E-state index contributed by atoms with van der Waals surface area (Å²) in [4.78, 5) is 9.27. The van der Waals surface area contributed by atoms with Crippen LogP contribution < -0.4 is 5.32 Å². The van der Waals surface area contributed by atoms with E-state index in [1.165, 1.54) is 0 Å². The average Bonchev–Trinajstić information content (AvgIpc) is 3.38. The maximum atomic E-state index is 6.74. The molecule has 0 atom stereocenters. The van der Waals surface area contributed by atoms with Crippen LogP contribution in [0, 0.1) is 19.9 Å². The number of benzene rings is 2. The Morgan fingerprint density at radius 2 is 1.94 bits per heavy atom. The molecule has 0 bridgehead atoms. The Morgan fingerprint density at radius 3 is 2.69 bits per heavy atom. The third-order valence-corrected chi connectivity index (χ3v) is 5.62. The van der Waals surface area contributed by atoms with Crippen molar-refractivity contribution in [2.75, 3.05) is 12.4 Å². The summed E-state index contributed by atoms with van der Waals surface area (Å²) in [5.74, 6) is 0.813. The minimum atomic E-state index is 0.275. The smallest absolute Gasteiger partial charge is 0.315 e. The van der Waals surface area contributed by atoms with Gasteiger partial charge in [-0.25, -0.2) is 9.97 Å². The molecule has 5 aromatic rings. The zero-order valence-corrected chi connectivity index (χ0v) is 19.0. The first kappa shape index (κ1) is 20.5. The molecule has 9 heteroatoms. The van der Waals surface area contributed by atoms with Gasteiger partial charge in [0.05, 0.1) is 16.3 Å². The highest BCUT2D eigenvalue weighted by atomic mass is 35.5. The number of aromatic nitrogens is 5. The van der Waals surface area contributed by atoms with Gasteiger partial charge in [0.1, 0.15) is 5.69 Å². The Hall–Kier alpha value is -3.42. The first-order valence-corrected chi connectivity index (χ1v) is 10.6. The van der Waals surface area contributed by atoms with E-state index < -0.39 is 0 Å². The number of hydrogen-bond donors (Lipinski definition) is 1. The highest BCUT2D eigenvalue weighted by molar-refractivity contribution is 6.37. The third-order valence-electron chi connectivity index (χ3n) is 5.11. The molecule has 0 spiro atoms. The highest BCUT2D eigenvalue weighted by Gasteiger charge is 2.25. The molecular formula is C23H17Cl2N6O. The van der Waals surface area contributed by atoms with Crippen LogP contribution in [0.25, 0.3) is 39.7 Å². The van der Waals surface area contributed by atoms with Crippen LogP contribution in [0.3, 0.4) is 0 Å². The fourth-order valence-electron chi connectivity index (χ4n) is 3.73. The molecule has 3 aromatic heterocycles. The predicted molar refractivity (Wildman–Crippen MR) is 125 cm³/mol. The molecule has 1 radical (unpaired) electrons. The van der Waals surface area contributed by atoms with Gasteiger partial charge in [0.2, 0.25) is 5.78 Å². The molecule has 2 aromatic carbocycles. The number of aryl methyl sites for hydroxylation is 2. The molecule has 0 saturated heterocycles. The lowest BCUT2D eigenvalue weighted by atomic mass is 9.96. The molecule has 5 rings (SSSR count). The van der Waals surface area contributed by atoms with Crippen molar-refractivity contribution in [2.45, 2.75) is 13.8 Å². The van der Waals surface area contributed by atoms with E-state index in [-0.39, 0.29) is 11.9 Å². The van der Waals surface area contributed by atoms with Crippen LogP contribution in [-0.2, 0) is 0 Å². The van der Waals surface area contributed by atoms with Gasteiger partial charge in [-0.15, -0.1) is 5.10 Å². The Kier molecular flexibility index (Phi) is 5.07. The second-order valence-corrected chi connectivity index (χ2v) is 8.09. The van der Waals surface area contributed by atoms with Crippen LogP contribution in [0.2, 0.25) is 10.0 Å². The fraction of sp³-hybridized carbons (Fsp3) is 0.130. The number of anilines is 1. The normalized spacial score (nSPS) is 11.3. The van der Waals surface area contributed by atoms with Crippen molar-refractivity contribution in [1.29, 1.82) is 0 Å².